The number of hydrogen-bond donors (Lipinski definition) is 1. The van der Waals surface area contributed by atoms with Gasteiger partial charge in [-0.25, -0.2) is 0 Å². The molecule has 1 aliphatic rings. The standard InChI is InChI=1S/C12H17NO/c1-14-12-5-3-2-4-10(12)11(13)8-9-6-7-9/h2-5,9,11H,6-8,13H2,1H3/t11-/m0/s1. The lowest BCUT2D eigenvalue weighted by molar-refractivity contribution is 0.403. The van der Waals surface area contributed by atoms with Gasteiger partial charge in [-0.1, -0.05) is 31.0 Å². The maximum absolute atomic E-state index is 6.13. The van der Waals surface area contributed by atoms with Crippen molar-refractivity contribution in [2.75, 3.05) is 7.11 Å². The van der Waals surface area contributed by atoms with E-state index in [2.05, 4.69) is 6.07 Å². The minimum Gasteiger partial charge on any atom is -0.496 e. The van der Waals surface area contributed by atoms with Crippen molar-refractivity contribution in [3.63, 3.8) is 0 Å². The molecule has 0 aromatic heterocycles. The van der Waals surface area contributed by atoms with Gasteiger partial charge < -0.3 is 10.5 Å². The van der Waals surface area contributed by atoms with Gasteiger partial charge in [-0.2, -0.15) is 0 Å². The first-order valence-electron chi connectivity index (χ1n) is 5.19. The quantitative estimate of drug-likeness (QED) is 0.793. The molecule has 0 heterocycles. The number of nitrogens with two attached hydrogens (primary N) is 1. The van der Waals surface area contributed by atoms with E-state index in [1.807, 2.05) is 18.2 Å². The van der Waals surface area contributed by atoms with Gasteiger partial charge in [-0.05, 0) is 18.4 Å². The van der Waals surface area contributed by atoms with E-state index in [0.29, 0.717) is 0 Å². The largest absolute Gasteiger partial charge is 0.496 e. The fourth-order valence-electron chi connectivity index (χ4n) is 1.81. The first-order valence-corrected chi connectivity index (χ1v) is 5.19. The van der Waals surface area contributed by atoms with E-state index in [-0.39, 0.29) is 6.04 Å². The van der Waals surface area contributed by atoms with Gasteiger partial charge in [0, 0.05) is 11.6 Å². The van der Waals surface area contributed by atoms with Crippen LogP contribution < -0.4 is 10.5 Å². The highest BCUT2D eigenvalue weighted by atomic mass is 16.5. The van der Waals surface area contributed by atoms with Crippen molar-refractivity contribution in [3.05, 3.63) is 29.8 Å². The molecule has 76 valence electrons. The summed E-state index contributed by atoms with van der Waals surface area (Å²) in [6.07, 6.45) is 3.80. The van der Waals surface area contributed by atoms with Crippen LogP contribution in [0.2, 0.25) is 0 Å². The zero-order valence-electron chi connectivity index (χ0n) is 8.57. The Morgan fingerprint density at radius 1 is 1.43 bits per heavy atom. The Kier molecular flexibility index (Phi) is 2.73. The van der Waals surface area contributed by atoms with Crippen LogP contribution in [0.25, 0.3) is 0 Å². The van der Waals surface area contributed by atoms with Gasteiger partial charge in [0.2, 0.25) is 0 Å². The first-order chi connectivity index (χ1) is 6.81. The molecule has 2 nitrogen and oxygen atoms in total. The Morgan fingerprint density at radius 2 is 2.14 bits per heavy atom. The van der Waals surface area contributed by atoms with E-state index < -0.39 is 0 Å². The number of benzene rings is 1. The summed E-state index contributed by atoms with van der Waals surface area (Å²) in [7, 11) is 1.70. The molecule has 1 aromatic rings. The normalized spacial score (nSPS) is 17.9. The smallest absolute Gasteiger partial charge is 0.123 e. The molecule has 14 heavy (non-hydrogen) atoms. The number of methoxy groups -OCH3 is 1. The van der Waals surface area contributed by atoms with Crippen LogP contribution in [0.5, 0.6) is 5.75 Å². The van der Waals surface area contributed by atoms with Gasteiger partial charge in [-0.15, -0.1) is 0 Å². The zero-order chi connectivity index (χ0) is 9.97. The highest BCUT2D eigenvalue weighted by molar-refractivity contribution is 5.35. The first kappa shape index (κ1) is 9.53. The third-order valence-corrected chi connectivity index (χ3v) is 2.82. The van der Waals surface area contributed by atoms with Crippen LogP contribution in [0.3, 0.4) is 0 Å². The van der Waals surface area contributed by atoms with Crippen molar-refractivity contribution in [2.45, 2.75) is 25.3 Å². The molecular weight excluding hydrogens is 174 g/mol. The van der Waals surface area contributed by atoms with Gasteiger partial charge in [0.15, 0.2) is 0 Å². The lowest BCUT2D eigenvalue weighted by Gasteiger charge is -2.14. The molecule has 2 N–H and O–H groups in total. The van der Waals surface area contributed by atoms with Crippen LogP contribution in [0.1, 0.15) is 30.9 Å². The highest BCUT2D eigenvalue weighted by Crippen LogP contribution is 2.38. The highest BCUT2D eigenvalue weighted by Gasteiger charge is 2.25. The van der Waals surface area contributed by atoms with E-state index in [1.165, 1.54) is 12.8 Å². The van der Waals surface area contributed by atoms with Crippen molar-refractivity contribution in [1.82, 2.24) is 0 Å². The summed E-state index contributed by atoms with van der Waals surface area (Å²) in [4.78, 5) is 0. The number of rotatable bonds is 4. The van der Waals surface area contributed by atoms with Crippen molar-refractivity contribution in [3.8, 4) is 5.75 Å². The van der Waals surface area contributed by atoms with Gasteiger partial charge in [0.1, 0.15) is 5.75 Å². The second-order valence-electron chi connectivity index (χ2n) is 4.03. The van der Waals surface area contributed by atoms with E-state index in [4.69, 9.17) is 10.5 Å². The second-order valence-corrected chi connectivity index (χ2v) is 4.03. The van der Waals surface area contributed by atoms with E-state index in [9.17, 15) is 0 Å². The van der Waals surface area contributed by atoms with Gasteiger partial charge >= 0.3 is 0 Å². The zero-order valence-corrected chi connectivity index (χ0v) is 8.57. The lowest BCUT2D eigenvalue weighted by Crippen LogP contribution is -2.12. The molecule has 2 heteroatoms. The minimum atomic E-state index is 0.138. The Morgan fingerprint density at radius 3 is 2.79 bits per heavy atom. The van der Waals surface area contributed by atoms with Gasteiger partial charge in [-0.3, -0.25) is 0 Å². The predicted molar refractivity (Wildman–Crippen MR) is 57.3 cm³/mol. The fourth-order valence-corrected chi connectivity index (χ4v) is 1.81. The topological polar surface area (TPSA) is 35.2 Å². The van der Waals surface area contributed by atoms with E-state index >= 15 is 0 Å². The predicted octanol–water partition coefficient (Wildman–Crippen LogP) is 2.50. The Bertz CT molecular complexity index is 307. The van der Waals surface area contributed by atoms with Crippen LogP contribution in [-0.2, 0) is 0 Å². The lowest BCUT2D eigenvalue weighted by atomic mass is 10.0. The molecule has 0 amide bonds. The van der Waals surface area contributed by atoms with E-state index in [1.54, 1.807) is 7.11 Å². The van der Waals surface area contributed by atoms with Gasteiger partial charge in [0.05, 0.1) is 7.11 Å². The molecule has 0 bridgehead atoms. The van der Waals surface area contributed by atoms with Crippen molar-refractivity contribution in [2.24, 2.45) is 11.7 Å². The Hall–Kier alpha value is -1.02. The molecule has 1 aliphatic carbocycles. The molecule has 0 radical (unpaired) electrons. The second kappa shape index (κ2) is 4.01. The molecule has 0 aliphatic heterocycles. The van der Waals surface area contributed by atoms with Crippen molar-refractivity contribution >= 4 is 0 Å². The summed E-state index contributed by atoms with van der Waals surface area (Å²) in [6, 6.07) is 8.17. The average Bonchev–Trinajstić information content (AvgIpc) is 3.01. The molecular formula is C12H17NO. The van der Waals surface area contributed by atoms with Crippen LogP contribution >= 0.6 is 0 Å². The van der Waals surface area contributed by atoms with Crippen LogP contribution in [0.4, 0.5) is 0 Å². The molecule has 1 atom stereocenters. The van der Waals surface area contributed by atoms with Crippen LogP contribution in [0.15, 0.2) is 24.3 Å². The molecule has 0 unspecified atom stereocenters. The Labute approximate surface area is 85.1 Å². The number of ether oxygens (including phenoxy) is 1. The molecule has 1 saturated carbocycles. The number of hydrogen-bond acceptors (Lipinski definition) is 2. The summed E-state index contributed by atoms with van der Waals surface area (Å²) in [5.74, 6) is 1.77. The third kappa shape index (κ3) is 2.07. The van der Waals surface area contributed by atoms with Gasteiger partial charge in [0.25, 0.3) is 0 Å². The summed E-state index contributed by atoms with van der Waals surface area (Å²) in [6.45, 7) is 0. The monoisotopic (exact) mass is 191 g/mol. The number of para-hydroxylation sites is 1. The molecule has 0 spiro atoms. The molecule has 1 fully saturated rings. The van der Waals surface area contributed by atoms with Crippen LogP contribution in [-0.4, -0.2) is 7.11 Å². The molecule has 0 saturated heterocycles. The van der Waals surface area contributed by atoms with Crippen molar-refractivity contribution < 1.29 is 4.74 Å². The average molecular weight is 191 g/mol. The summed E-state index contributed by atoms with van der Waals surface area (Å²) < 4.78 is 5.29. The maximum atomic E-state index is 6.13. The minimum absolute atomic E-state index is 0.138. The third-order valence-electron chi connectivity index (χ3n) is 2.82. The Balaban J connectivity index is 2.11. The summed E-state index contributed by atoms with van der Waals surface area (Å²) in [5.41, 5.74) is 7.27. The van der Waals surface area contributed by atoms with Crippen molar-refractivity contribution in [1.29, 1.82) is 0 Å². The fraction of sp³-hybridized carbons (Fsp3) is 0.500. The van der Waals surface area contributed by atoms with Crippen LogP contribution in [0, 0.1) is 5.92 Å². The maximum Gasteiger partial charge on any atom is 0.123 e. The molecule has 2 rings (SSSR count). The summed E-state index contributed by atoms with van der Waals surface area (Å²) in [5, 5.41) is 0. The van der Waals surface area contributed by atoms with E-state index in [0.717, 1.165) is 23.7 Å². The molecule has 1 aromatic carbocycles. The SMILES string of the molecule is COc1ccccc1[C@@H](N)CC1CC1. The summed E-state index contributed by atoms with van der Waals surface area (Å²) >= 11 is 0.